The molecule has 1 saturated carbocycles. The Labute approximate surface area is 126 Å². The fraction of sp³-hybridized carbons (Fsp3) is 0.588. The molecule has 1 aliphatic heterocycles. The highest BCUT2D eigenvalue weighted by atomic mass is 16.5. The highest BCUT2D eigenvalue weighted by Crippen LogP contribution is 2.37. The largest absolute Gasteiger partial charge is 0.379 e. The second kappa shape index (κ2) is 6.58. The third-order valence-corrected chi connectivity index (χ3v) is 4.59. The molecule has 0 aromatic heterocycles. The SMILES string of the molecule is CC1CC1C(=O)NCC(c1ccccc1)N1CCOCC1. The van der Waals surface area contributed by atoms with Crippen LogP contribution in [0.5, 0.6) is 0 Å². The molecule has 0 spiro atoms. The molecule has 1 amide bonds. The van der Waals surface area contributed by atoms with Crippen LogP contribution in [0.15, 0.2) is 30.3 Å². The summed E-state index contributed by atoms with van der Waals surface area (Å²) in [5.41, 5.74) is 1.27. The maximum Gasteiger partial charge on any atom is 0.223 e. The summed E-state index contributed by atoms with van der Waals surface area (Å²) < 4.78 is 5.44. The van der Waals surface area contributed by atoms with E-state index in [4.69, 9.17) is 4.74 Å². The fourth-order valence-electron chi connectivity index (χ4n) is 3.04. The average Bonchev–Trinajstić information content (AvgIpc) is 3.26. The first-order valence-electron chi connectivity index (χ1n) is 7.90. The van der Waals surface area contributed by atoms with Crippen LogP contribution in [0.1, 0.15) is 24.9 Å². The van der Waals surface area contributed by atoms with Gasteiger partial charge in [-0.25, -0.2) is 0 Å². The molecular weight excluding hydrogens is 264 g/mol. The van der Waals surface area contributed by atoms with Gasteiger partial charge in [0.25, 0.3) is 0 Å². The molecule has 0 radical (unpaired) electrons. The number of ether oxygens (including phenoxy) is 1. The van der Waals surface area contributed by atoms with Crippen molar-refractivity contribution in [3.05, 3.63) is 35.9 Å². The van der Waals surface area contributed by atoms with Crippen molar-refractivity contribution in [2.75, 3.05) is 32.8 Å². The second-order valence-corrected chi connectivity index (χ2v) is 6.14. The molecule has 114 valence electrons. The predicted octanol–water partition coefficient (Wildman–Crippen LogP) is 1.83. The molecule has 1 aliphatic carbocycles. The van der Waals surface area contributed by atoms with E-state index in [2.05, 4.69) is 41.4 Å². The third-order valence-electron chi connectivity index (χ3n) is 4.59. The monoisotopic (exact) mass is 288 g/mol. The van der Waals surface area contributed by atoms with Crippen LogP contribution in [0.25, 0.3) is 0 Å². The minimum atomic E-state index is 0.219. The molecule has 1 heterocycles. The Kier molecular flexibility index (Phi) is 4.56. The van der Waals surface area contributed by atoms with Gasteiger partial charge in [-0.05, 0) is 17.9 Å². The number of hydrogen-bond acceptors (Lipinski definition) is 3. The number of carbonyl (C=O) groups is 1. The van der Waals surface area contributed by atoms with Gasteiger partial charge >= 0.3 is 0 Å². The Hall–Kier alpha value is -1.39. The summed E-state index contributed by atoms with van der Waals surface area (Å²) in [5.74, 6) is 1.02. The number of benzene rings is 1. The lowest BCUT2D eigenvalue weighted by atomic mass is 10.0. The number of nitrogens with one attached hydrogen (secondary N) is 1. The van der Waals surface area contributed by atoms with E-state index in [0.29, 0.717) is 12.5 Å². The Morgan fingerprint density at radius 2 is 2.00 bits per heavy atom. The van der Waals surface area contributed by atoms with E-state index < -0.39 is 0 Å². The summed E-state index contributed by atoms with van der Waals surface area (Å²) in [5, 5.41) is 3.15. The molecule has 3 rings (SSSR count). The van der Waals surface area contributed by atoms with Gasteiger partial charge in [0.15, 0.2) is 0 Å². The summed E-state index contributed by atoms with van der Waals surface area (Å²) in [6.45, 7) is 6.23. The number of nitrogens with zero attached hydrogens (tertiary/aromatic N) is 1. The summed E-state index contributed by atoms with van der Waals surface area (Å²) in [7, 11) is 0. The second-order valence-electron chi connectivity index (χ2n) is 6.14. The minimum absolute atomic E-state index is 0.219. The number of carbonyl (C=O) groups excluding carboxylic acids is 1. The standard InChI is InChI=1S/C17H24N2O2/c1-13-11-15(13)17(20)18-12-16(14-5-3-2-4-6-14)19-7-9-21-10-8-19/h2-6,13,15-16H,7-12H2,1H3,(H,18,20). The van der Waals surface area contributed by atoms with Crippen molar-refractivity contribution in [2.24, 2.45) is 11.8 Å². The lowest BCUT2D eigenvalue weighted by molar-refractivity contribution is -0.122. The average molecular weight is 288 g/mol. The summed E-state index contributed by atoms with van der Waals surface area (Å²) >= 11 is 0. The normalized spacial score (nSPS) is 27.1. The van der Waals surface area contributed by atoms with E-state index in [1.165, 1.54) is 5.56 Å². The van der Waals surface area contributed by atoms with E-state index in [1.54, 1.807) is 0 Å². The van der Waals surface area contributed by atoms with Crippen molar-refractivity contribution < 1.29 is 9.53 Å². The molecular formula is C17H24N2O2. The van der Waals surface area contributed by atoms with Crippen molar-refractivity contribution in [3.8, 4) is 0 Å². The van der Waals surface area contributed by atoms with Gasteiger partial charge in [0, 0.05) is 25.6 Å². The quantitative estimate of drug-likeness (QED) is 0.899. The van der Waals surface area contributed by atoms with Crippen molar-refractivity contribution in [1.82, 2.24) is 10.2 Å². The highest BCUT2D eigenvalue weighted by Gasteiger charge is 2.39. The first-order valence-corrected chi connectivity index (χ1v) is 7.90. The molecule has 21 heavy (non-hydrogen) atoms. The first-order chi connectivity index (χ1) is 10.3. The molecule has 4 nitrogen and oxygen atoms in total. The zero-order valence-corrected chi connectivity index (χ0v) is 12.6. The predicted molar refractivity (Wildman–Crippen MR) is 81.9 cm³/mol. The molecule has 4 heteroatoms. The Morgan fingerprint density at radius 3 is 2.62 bits per heavy atom. The number of amides is 1. The lowest BCUT2D eigenvalue weighted by Gasteiger charge is -2.35. The third kappa shape index (κ3) is 3.63. The van der Waals surface area contributed by atoms with E-state index in [-0.39, 0.29) is 17.9 Å². The Balaban J connectivity index is 1.65. The Bertz CT molecular complexity index is 471. The molecule has 0 bridgehead atoms. The van der Waals surface area contributed by atoms with Gasteiger partial charge < -0.3 is 10.1 Å². The summed E-state index contributed by atoms with van der Waals surface area (Å²) in [6.07, 6.45) is 1.04. The maximum atomic E-state index is 12.1. The van der Waals surface area contributed by atoms with Crippen LogP contribution in [0.4, 0.5) is 0 Å². The molecule has 2 fully saturated rings. The van der Waals surface area contributed by atoms with Crippen LogP contribution >= 0.6 is 0 Å². The van der Waals surface area contributed by atoms with E-state index in [1.807, 2.05) is 6.07 Å². The molecule has 1 N–H and O–H groups in total. The number of morpholine rings is 1. The van der Waals surface area contributed by atoms with Crippen LogP contribution < -0.4 is 5.32 Å². The smallest absolute Gasteiger partial charge is 0.223 e. The van der Waals surface area contributed by atoms with Crippen LogP contribution in [-0.4, -0.2) is 43.7 Å². The topological polar surface area (TPSA) is 41.6 Å². The van der Waals surface area contributed by atoms with Crippen molar-refractivity contribution in [2.45, 2.75) is 19.4 Å². The number of rotatable bonds is 5. The number of hydrogen-bond donors (Lipinski definition) is 1. The zero-order valence-electron chi connectivity index (χ0n) is 12.6. The summed E-state index contributed by atoms with van der Waals surface area (Å²) in [6, 6.07) is 10.7. The fourth-order valence-corrected chi connectivity index (χ4v) is 3.04. The molecule has 1 aromatic rings. The molecule has 3 unspecified atom stereocenters. The zero-order chi connectivity index (χ0) is 14.7. The molecule has 1 aromatic carbocycles. The maximum absolute atomic E-state index is 12.1. The van der Waals surface area contributed by atoms with E-state index in [9.17, 15) is 4.79 Å². The molecule has 1 saturated heterocycles. The molecule has 2 aliphatic rings. The van der Waals surface area contributed by atoms with Gasteiger partial charge in [-0.1, -0.05) is 37.3 Å². The lowest BCUT2D eigenvalue weighted by Crippen LogP contribution is -2.44. The van der Waals surface area contributed by atoms with Gasteiger partial charge in [0.05, 0.1) is 19.3 Å². The van der Waals surface area contributed by atoms with Crippen molar-refractivity contribution in [3.63, 3.8) is 0 Å². The van der Waals surface area contributed by atoms with Gasteiger partial charge in [0.2, 0.25) is 5.91 Å². The Morgan fingerprint density at radius 1 is 1.33 bits per heavy atom. The highest BCUT2D eigenvalue weighted by molar-refractivity contribution is 5.81. The van der Waals surface area contributed by atoms with E-state index >= 15 is 0 Å². The van der Waals surface area contributed by atoms with Gasteiger partial charge in [0.1, 0.15) is 0 Å². The first kappa shape index (κ1) is 14.5. The van der Waals surface area contributed by atoms with Gasteiger partial charge in [-0.2, -0.15) is 0 Å². The van der Waals surface area contributed by atoms with Crippen LogP contribution in [-0.2, 0) is 9.53 Å². The molecule has 3 atom stereocenters. The van der Waals surface area contributed by atoms with Crippen LogP contribution in [0.3, 0.4) is 0 Å². The van der Waals surface area contributed by atoms with Crippen molar-refractivity contribution >= 4 is 5.91 Å². The van der Waals surface area contributed by atoms with E-state index in [0.717, 1.165) is 32.7 Å². The minimum Gasteiger partial charge on any atom is -0.379 e. The van der Waals surface area contributed by atoms with Gasteiger partial charge in [-0.3, -0.25) is 9.69 Å². The van der Waals surface area contributed by atoms with Gasteiger partial charge in [-0.15, -0.1) is 0 Å². The summed E-state index contributed by atoms with van der Waals surface area (Å²) in [4.78, 5) is 14.5. The van der Waals surface area contributed by atoms with Crippen molar-refractivity contribution in [1.29, 1.82) is 0 Å². The van der Waals surface area contributed by atoms with Crippen LogP contribution in [0, 0.1) is 11.8 Å². The van der Waals surface area contributed by atoms with Crippen LogP contribution in [0.2, 0.25) is 0 Å².